The average molecular weight is 336 g/mol. The number of aromatic nitrogens is 2. The topological polar surface area (TPSA) is 84.0 Å². The number of amides is 2. The van der Waals surface area contributed by atoms with Crippen LogP contribution in [0.1, 0.15) is 18.1 Å². The van der Waals surface area contributed by atoms with E-state index in [1.165, 1.54) is 35.6 Å². The van der Waals surface area contributed by atoms with Crippen LogP contribution in [-0.4, -0.2) is 27.8 Å². The first kappa shape index (κ1) is 16.4. The Bertz CT molecular complexity index is 655. The van der Waals surface area contributed by atoms with Gasteiger partial charge in [-0.05, 0) is 12.5 Å². The quantitative estimate of drug-likeness (QED) is 0.624. The van der Waals surface area contributed by atoms with Crippen LogP contribution in [0.3, 0.4) is 0 Å². The summed E-state index contributed by atoms with van der Waals surface area (Å²) in [4.78, 5) is 22.7. The molecule has 0 saturated carbocycles. The Balaban J connectivity index is 1.74. The van der Waals surface area contributed by atoms with Crippen LogP contribution in [0.5, 0.6) is 0 Å². The molecule has 0 radical (unpaired) electrons. The second-order valence-electron chi connectivity index (χ2n) is 4.61. The van der Waals surface area contributed by atoms with Crippen molar-refractivity contribution >= 4 is 40.0 Å². The average Bonchev–Trinajstić information content (AvgIpc) is 2.91. The van der Waals surface area contributed by atoms with Crippen LogP contribution in [0.25, 0.3) is 0 Å². The van der Waals surface area contributed by atoms with Crippen LogP contribution in [0.2, 0.25) is 0 Å². The van der Waals surface area contributed by atoms with E-state index in [1.807, 2.05) is 31.2 Å². The summed E-state index contributed by atoms with van der Waals surface area (Å²) in [5.41, 5.74) is 2.25. The Hall–Kier alpha value is -1.93. The molecule has 0 fully saturated rings. The van der Waals surface area contributed by atoms with Gasteiger partial charge < -0.3 is 10.6 Å². The summed E-state index contributed by atoms with van der Waals surface area (Å²) in [5.74, 6) is 0.00556. The molecule has 2 aromatic rings. The molecule has 1 aromatic heterocycles. The highest BCUT2D eigenvalue weighted by Crippen LogP contribution is 2.25. The molecule has 8 heteroatoms. The SMILES string of the molecule is CC(=O)Nc1nnc(SCC(=O)NCc2ccc(C)cc2)s1. The van der Waals surface area contributed by atoms with Crippen LogP contribution < -0.4 is 10.6 Å². The van der Waals surface area contributed by atoms with Gasteiger partial charge in [-0.1, -0.05) is 52.9 Å². The number of aryl methyl sites for hydroxylation is 1. The van der Waals surface area contributed by atoms with Gasteiger partial charge in [0, 0.05) is 13.5 Å². The predicted octanol–water partition coefficient (Wildman–Crippen LogP) is 2.21. The van der Waals surface area contributed by atoms with Crippen LogP contribution >= 0.6 is 23.1 Å². The fraction of sp³-hybridized carbons (Fsp3) is 0.286. The van der Waals surface area contributed by atoms with E-state index in [0.29, 0.717) is 16.0 Å². The van der Waals surface area contributed by atoms with E-state index in [-0.39, 0.29) is 17.6 Å². The number of benzene rings is 1. The first-order valence-electron chi connectivity index (χ1n) is 6.59. The minimum absolute atomic E-state index is 0.0677. The van der Waals surface area contributed by atoms with E-state index in [2.05, 4.69) is 20.8 Å². The van der Waals surface area contributed by atoms with Gasteiger partial charge in [-0.15, -0.1) is 10.2 Å². The van der Waals surface area contributed by atoms with Gasteiger partial charge in [-0.2, -0.15) is 0 Å². The maximum Gasteiger partial charge on any atom is 0.230 e. The normalized spacial score (nSPS) is 10.3. The molecule has 2 amide bonds. The second kappa shape index (κ2) is 7.90. The number of anilines is 1. The van der Waals surface area contributed by atoms with Gasteiger partial charge in [0.05, 0.1) is 5.75 Å². The number of carbonyl (C=O) groups excluding carboxylic acids is 2. The highest BCUT2D eigenvalue weighted by atomic mass is 32.2. The number of nitrogens with one attached hydrogen (secondary N) is 2. The molecule has 2 N–H and O–H groups in total. The van der Waals surface area contributed by atoms with Gasteiger partial charge in [0.1, 0.15) is 0 Å². The Labute approximate surface area is 136 Å². The maximum atomic E-state index is 11.8. The van der Waals surface area contributed by atoms with Gasteiger partial charge in [0.2, 0.25) is 16.9 Å². The third-order valence-corrected chi connectivity index (χ3v) is 4.60. The summed E-state index contributed by atoms with van der Waals surface area (Å²) < 4.78 is 0.647. The molecule has 0 bridgehead atoms. The lowest BCUT2D eigenvalue weighted by molar-refractivity contribution is -0.118. The zero-order chi connectivity index (χ0) is 15.9. The lowest BCUT2D eigenvalue weighted by Crippen LogP contribution is -2.24. The first-order chi connectivity index (χ1) is 10.5. The summed E-state index contributed by atoms with van der Waals surface area (Å²) in [6.45, 7) is 3.94. The van der Waals surface area contributed by atoms with E-state index in [4.69, 9.17) is 0 Å². The number of carbonyl (C=O) groups is 2. The van der Waals surface area contributed by atoms with Crippen LogP contribution in [0, 0.1) is 6.92 Å². The van der Waals surface area contributed by atoms with Crippen molar-refractivity contribution < 1.29 is 9.59 Å². The van der Waals surface area contributed by atoms with Crippen LogP contribution in [0.15, 0.2) is 28.6 Å². The van der Waals surface area contributed by atoms with E-state index >= 15 is 0 Å². The molecule has 22 heavy (non-hydrogen) atoms. The summed E-state index contributed by atoms with van der Waals surface area (Å²) in [6, 6.07) is 8.02. The molecule has 2 rings (SSSR count). The van der Waals surface area contributed by atoms with Crippen molar-refractivity contribution in [3.63, 3.8) is 0 Å². The van der Waals surface area contributed by atoms with Crippen LogP contribution in [-0.2, 0) is 16.1 Å². The van der Waals surface area contributed by atoms with Gasteiger partial charge in [-0.25, -0.2) is 0 Å². The van der Waals surface area contributed by atoms with Crippen molar-refractivity contribution in [3.05, 3.63) is 35.4 Å². The highest BCUT2D eigenvalue weighted by Gasteiger charge is 2.08. The Morgan fingerprint density at radius 2 is 1.95 bits per heavy atom. The molecule has 1 heterocycles. The maximum absolute atomic E-state index is 11.8. The van der Waals surface area contributed by atoms with Crippen molar-refractivity contribution in [2.24, 2.45) is 0 Å². The van der Waals surface area contributed by atoms with E-state index in [9.17, 15) is 9.59 Å². The Kier molecular flexibility index (Phi) is 5.91. The Morgan fingerprint density at radius 3 is 2.64 bits per heavy atom. The van der Waals surface area contributed by atoms with Gasteiger partial charge in [0.25, 0.3) is 0 Å². The smallest absolute Gasteiger partial charge is 0.230 e. The molecule has 1 aromatic carbocycles. The van der Waals surface area contributed by atoms with Gasteiger partial charge in [-0.3, -0.25) is 9.59 Å². The van der Waals surface area contributed by atoms with Crippen molar-refractivity contribution in [2.45, 2.75) is 24.7 Å². The first-order valence-corrected chi connectivity index (χ1v) is 8.39. The summed E-state index contributed by atoms with van der Waals surface area (Å²) in [5, 5.41) is 13.6. The molecule has 0 aliphatic carbocycles. The lowest BCUT2D eigenvalue weighted by Gasteiger charge is -2.04. The van der Waals surface area contributed by atoms with Gasteiger partial charge >= 0.3 is 0 Å². The number of nitrogens with zero attached hydrogens (tertiary/aromatic N) is 2. The molecule has 6 nitrogen and oxygen atoms in total. The number of hydrogen-bond acceptors (Lipinski definition) is 6. The van der Waals surface area contributed by atoms with Crippen LogP contribution in [0.4, 0.5) is 5.13 Å². The number of thioether (sulfide) groups is 1. The largest absolute Gasteiger partial charge is 0.351 e. The summed E-state index contributed by atoms with van der Waals surface area (Å²) >= 11 is 2.54. The molecule has 0 aliphatic rings. The molecule has 0 saturated heterocycles. The number of rotatable bonds is 6. The van der Waals surface area contributed by atoms with E-state index in [0.717, 1.165) is 5.56 Å². The third-order valence-electron chi connectivity index (χ3n) is 2.63. The molecule has 0 unspecified atom stereocenters. The minimum Gasteiger partial charge on any atom is -0.351 e. The number of hydrogen-bond donors (Lipinski definition) is 2. The summed E-state index contributed by atoms with van der Waals surface area (Å²) in [6.07, 6.45) is 0. The zero-order valence-electron chi connectivity index (χ0n) is 12.3. The van der Waals surface area contributed by atoms with Crippen molar-refractivity contribution in [1.82, 2.24) is 15.5 Å². The summed E-state index contributed by atoms with van der Waals surface area (Å²) in [7, 11) is 0. The molecule has 0 atom stereocenters. The third kappa shape index (κ3) is 5.45. The minimum atomic E-state index is -0.191. The van der Waals surface area contributed by atoms with Crippen molar-refractivity contribution in [1.29, 1.82) is 0 Å². The molecular formula is C14H16N4O2S2. The van der Waals surface area contributed by atoms with E-state index in [1.54, 1.807) is 0 Å². The zero-order valence-corrected chi connectivity index (χ0v) is 13.9. The highest BCUT2D eigenvalue weighted by molar-refractivity contribution is 8.01. The predicted molar refractivity (Wildman–Crippen MR) is 88.0 cm³/mol. The van der Waals surface area contributed by atoms with E-state index < -0.39 is 0 Å². The fourth-order valence-electron chi connectivity index (χ4n) is 1.55. The van der Waals surface area contributed by atoms with Crippen molar-refractivity contribution in [3.8, 4) is 0 Å². The lowest BCUT2D eigenvalue weighted by atomic mass is 10.1. The van der Waals surface area contributed by atoms with Crippen molar-refractivity contribution in [2.75, 3.05) is 11.1 Å². The Morgan fingerprint density at radius 1 is 1.23 bits per heavy atom. The standard InChI is InChI=1S/C14H16N4O2S2/c1-9-3-5-11(6-4-9)7-15-12(20)8-21-14-18-17-13(22-14)16-10(2)19/h3-6H,7-8H2,1-2H3,(H,15,20)(H,16,17,19). The molecule has 116 valence electrons. The second-order valence-corrected chi connectivity index (χ2v) is 6.81. The monoisotopic (exact) mass is 336 g/mol. The fourth-order valence-corrected chi connectivity index (χ4v) is 3.18. The molecule has 0 aliphatic heterocycles. The molecular weight excluding hydrogens is 320 g/mol. The molecule has 0 spiro atoms. The van der Waals surface area contributed by atoms with Gasteiger partial charge in [0.15, 0.2) is 4.34 Å².